The Kier molecular flexibility index (Phi) is 3.92. The first kappa shape index (κ1) is 13.2. The average Bonchev–Trinajstić information content (AvgIpc) is 2.40. The van der Waals surface area contributed by atoms with Gasteiger partial charge >= 0.3 is 0 Å². The molecule has 0 saturated carbocycles. The van der Waals surface area contributed by atoms with Crippen molar-refractivity contribution < 1.29 is 9.90 Å². The number of hydrogen-bond acceptors (Lipinski definition) is 3. The van der Waals surface area contributed by atoms with Gasteiger partial charge in [-0.25, -0.2) is 0 Å². The fourth-order valence-corrected chi connectivity index (χ4v) is 1.65. The van der Waals surface area contributed by atoms with Gasteiger partial charge in [0, 0.05) is 17.6 Å². The lowest BCUT2D eigenvalue weighted by atomic mass is 10.1. The minimum absolute atomic E-state index is 0.197. The third kappa shape index (κ3) is 3.39. The summed E-state index contributed by atoms with van der Waals surface area (Å²) >= 11 is 0. The number of hydrogen-bond donors (Lipinski definition) is 2. The second-order valence-corrected chi connectivity index (χ2v) is 4.44. The van der Waals surface area contributed by atoms with Crippen LogP contribution in [0.4, 0.5) is 5.69 Å². The number of nitrogens with zero attached hydrogens (tertiary/aromatic N) is 1. The zero-order valence-electron chi connectivity index (χ0n) is 10.9. The van der Waals surface area contributed by atoms with Crippen LogP contribution in [0.2, 0.25) is 0 Å². The number of nitrogens with one attached hydrogen (secondary N) is 1. The van der Waals surface area contributed by atoms with Gasteiger partial charge < -0.3 is 10.4 Å². The Hall–Kier alpha value is -2.20. The molecule has 1 unspecified atom stereocenters. The first-order valence-corrected chi connectivity index (χ1v) is 6.08. The number of carbonyl (C=O) groups is 1. The van der Waals surface area contributed by atoms with Crippen molar-refractivity contribution in [2.24, 2.45) is 0 Å². The first-order chi connectivity index (χ1) is 9.06. The average molecular weight is 256 g/mol. The van der Waals surface area contributed by atoms with Gasteiger partial charge in [0.05, 0.1) is 11.7 Å². The van der Waals surface area contributed by atoms with Crippen LogP contribution < -0.4 is 5.32 Å². The Morgan fingerprint density at radius 3 is 2.42 bits per heavy atom. The van der Waals surface area contributed by atoms with Crippen molar-refractivity contribution in [2.45, 2.75) is 20.0 Å². The fraction of sp³-hybridized carbons (Fsp3) is 0.200. The van der Waals surface area contributed by atoms with Gasteiger partial charge in [-0.05, 0) is 43.7 Å². The largest absolute Gasteiger partial charge is 0.389 e. The van der Waals surface area contributed by atoms with Crippen molar-refractivity contribution in [3.8, 4) is 0 Å². The summed E-state index contributed by atoms with van der Waals surface area (Å²) in [6.45, 7) is 3.57. The predicted molar refractivity (Wildman–Crippen MR) is 74.0 cm³/mol. The highest BCUT2D eigenvalue weighted by Crippen LogP contribution is 2.16. The van der Waals surface area contributed by atoms with Crippen LogP contribution in [0.5, 0.6) is 0 Å². The van der Waals surface area contributed by atoms with Crippen LogP contribution >= 0.6 is 0 Å². The molecule has 0 radical (unpaired) electrons. The molecule has 1 amide bonds. The molecule has 2 N–H and O–H groups in total. The van der Waals surface area contributed by atoms with E-state index in [0.29, 0.717) is 11.3 Å². The van der Waals surface area contributed by atoms with Crippen molar-refractivity contribution in [3.05, 3.63) is 59.4 Å². The van der Waals surface area contributed by atoms with Crippen LogP contribution in [0.1, 0.15) is 34.6 Å². The molecule has 4 heteroatoms. The lowest BCUT2D eigenvalue weighted by Gasteiger charge is -2.08. The molecule has 0 spiro atoms. The number of benzene rings is 1. The first-order valence-electron chi connectivity index (χ1n) is 6.08. The molecule has 1 atom stereocenters. The molecule has 19 heavy (non-hydrogen) atoms. The summed E-state index contributed by atoms with van der Waals surface area (Å²) in [6.07, 6.45) is 1.04. The number of aliphatic hydroxyl groups excluding tert-OH is 1. The maximum absolute atomic E-state index is 11.9. The van der Waals surface area contributed by atoms with E-state index in [1.807, 2.05) is 6.92 Å². The summed E-state index contributed by atoms with van der Waals surface area (Å²) in [4.78, 5) is 16.0. The molecule has 0 bridgehead atoms. The van der Waals surface area contributed by atoms with Crippen molar-refractivity contribution in [1.82, 2.24) is 4.98 Å². The summed E-state index contributed by atoms with van der Waals surface area (Å²) in [5.74, 6) is -0.197. The van der Waals surface area contributed by atoms with E-state index in [1.165, 1.54) is 0 Å². The van der Waals surface area contributed by atoms with Crippen molar-refractivity contribution >= 4 is 11.6 Å². The predicted octanol–water partition coefficient (Wildman–Crippen LogP) is 2.70. The zero-order valence-corrected chi connectivity index (χ0v) is 10.9. The van der Waals surface area contributed by atoms with Gasteiger partial charge in [0.2, 0.25) is 0 Å². The third-order valence-corrected chi connectivity index (χ3v) is 2.82. The summed E-state index contributed by atoms with van der Waals surface area (Å²) in [5.41, 5.74) is 2.90. The van der Waals surface area contributed by atoms with Crippen molar-refractivity contribution in [2.75, 3.05) is 5.32 Å². The lowest BCUT2D eigenvalue weighted by Crippen LogP contribution is -2.12. The van der Waals surface area contributed by atoms with E-state index < -0.39 is 6.10 Å². The Morgan fingerprint density at radius 1 is 1.21 bits per heavy atom. The molecule has 0 aliphatic carbocycles. The van der Waals surface area contributed by atoms with Gasteiger partial charge in [-0.3, -0.25) is 9.78 Å². The molecule has 2 aromatic rings. The number of pyridine rings is 1. The normalized spacial score (nSPS) is 11.9. The number of anilines is 1. The maximum atomic E-state index is 11.9. The Morgan fingerprint density at radius 2 is 1.89 bits per heavy atom. The monoisotopic (exact) mass is 256 g/mol. The molecule has 1 heterocycles. The zero-order chi connectivity index (χ0) is 13.8. The number of rotatable bonds is 3. The van der Waals surface area contributed by atoms with Crippen LogP contribution in [0.25, 0.3) is 0 Å². The number of amides is 1. The standard InChI is InChI=1S/C15H16N2O2/c1-10-3-4-13(9-16-10)15(19)17-14-7-5-12(6-8-14)11(2)18/h3-9,11,18H,1-2H3,(H,17,19). The molecule has 1 aromatic heterocycles. The van der Waals surface area contributed by atoms with Crippen LogP contribution in [0.15, 0.2) is 42.6 Å². The maximum Gasteiger partial charge on any atom is 0.257 e. The van der Waals surface area contributed by atoms with Crippen LogP contribution in [0, 0.1) is 6.92 Å². The van der Waals surface area contributed by atoms with E-state index in [2.05, 4.69) is 10.3 Å². The summed E-state index contributed by atoms with van der Waals surface area (Å²) in [7, 11) is 0. The van der Waals surface area contributed by atoms with Gasteiger partial charge in [0.25, 0.3) is 5.91 Å². The highest BCUT2D eigenvalue weighted by molar-refractivity contribution is 6.04. The number of aromatic nitrogens is 1. The topological polar surface area (TPSA) is 62.2 Å². The van der Waals surface area contributed by atoms with E-state index in [-0.39, 0.29) is 5.91 Å². The molecule has 0 saturated heterocycles. The molecular formula is C15H16N2O2. The number of carbonyl (C=O) groups excluding carboxylic acids is 1. The minimum Gasteiger partial charge on any atom is -0.389 e. The quantitative estimate of drug-likeness (QED) is 0.887. The van der Waals surface area contributed by atoms with Crippen LogP contribution in [-0.4, -0.2) is 16.0 Å². The molecule has 4 nitrogen and oxygen atoms in total. The second kappa shape index (κ2) is 5.63. The molecule has 2 rings (SSSR count). The lowest BCUT2D eigenvalue weighted by molar-refractivity contribution is 0.102. The number of aryl methyl sites for hydroxylation is 1. The van der Waals surface area contributed by atoms with Gasteiger partial charge in [-0.15, -0.1) is 0 Å². The summed E-state index contributed by atoms with van der Waals surface area (Å²) in [6, 6.07) is 10.6. The molecule has 1 aromatic carbocycles. The Bertz CT molecular complexity index is 560. The fourth-order valence-electron chi connectivity index (χ4n) is 1.65. The summed E-state index contributed by atoms with van der Waals surface area (Å²) < 4.78 is 0. The molecular weight excluding hydrogens is 240 g/mol. The second-order valence-electron chi connectivity index (χ2n) is 4.44. The molecule has 0 aliphatic heterocycles. The SMILES string of the molecule is Cc1ccc(C(=O)Nc2ccc(C(C)O)cc2)cn1. The van der Waals surface area contributed by atoms with Gasteiger partial charge in [0.1, 0.15) is 0 Å². The summed E-state index contributed by atoms with van der Waals surface area (Å²) in [5, 5.41) is 12.2. The van der Waals surface area contributed by atoms with E-state index >= 15 is 0 Å². The Balaban J connectivity index is 2.08. The van der Waals surface area contributed by atoms with E-state index in [1.54, 1.807) is 49.5 Å². The van der Waals surface area contributed by atoms with Crippen LogP contribution in [-0.2, 0) is 0 Å². The van der Waals surface area contributed by atoms with Gasteiger partial charge in [0.15, 0.2) is 0 Å². The number of aliphatic hydroxyl groups is 1. The Labute approximate surface area is 112 Å². The van der Waals surface area contributed by atoms with Crippen molar-refractivity contribution in [3.63, 3.8) is 0 Å². The van der Waals surface area contributed by atoms with Crippen molar-refractivity contribution in [1.29, 1.82) is 0 Å². The van der Waals surface area contributed by atoms with E-state index in [0.717, 1.165) is 11.3 Å². The van der Waals surface area contributed by atoms with E-state index in [9.17, 15) is 9.90 Å². The molecule has 0 aliphatic rings. The van der Waals surface area contributed by atoms with E-state index in [4.69, 9.17) is 0 Å². The molecule has 0 fully saturated rings. The van der Waals surface area contributed by atoms with Gasteiger partial charge in [-0.2, -0.15) is 0 Å². The highest BCUT2D eigenvalue weighted by Gasteiger charge is 2.06. The third-order valence-electron chi connectivity index (χ3n) is 2.82. The highest BCUT2D eigenvalue weighted by atomic mass is 16.3. The smallest absolute Gasteiger partial charge is 0.257 e. The molecule has 98 valence electrons. The van der Waals surface area contributed by atoms with Gasteiger partial charge in [-0.1, -0.05) is 12.1 Å². The minimum atomic E-state index is -0.508. The van der Waals surface area contributed by atoms with Crippen LogP contribution in [0.3, 0.4) is 0 Å².